The summed E-state index contributed by atoms with van der Waals surface area (Å²) < 4.78 is 15.5. The second kappa shape index (κ2) is 14.3. The van der Waals surface area contributed by atoms with Crippen LogP contribution in [0.3, 0.4) is 0 Å². The summed E-state index contributed by atoms with van der Waals surface area (Å²) in [6, 6.07) is 0.785. The van der Waals surface area contributed by atoms with E-state index in [0.29, 0.717) is 6.54 Å². The molecular weight excluding hydrogens is 238 g/mol. The van der Waals surface area contributed by atoms with Crippen molar-refractivity contribution in [3.8, 4) is 0 Å². The van der Waals surface area contributed by atoms with E-state index in [9.17, 15) is 0 Å². The minimum atomic E-state index is -2.32. The fraction of sp³-hybridized carbons (Fsp3) is 1.00. The predicted octanol–water partition coefficient (Wildman–Crippen LogP) is 0.634. The van der Waals surface area contributed by atoms with E-state index in [1.807, 2.05) is 0 Å². The molecule has 0 atom stereocenters. The number of rotatable bonds is 6. The second-order valence-electron chi connectivity index (χ2n) is 2.50. The van der Waals surface area contributed by atoms with Crippen LogP contribution < -0.4 is 5.73 Å². The SMILES string of the molecule is CCO.CO[Si](CCCN)(OC)OC.Cl. The number of halogens is 1. The highest BCUT2D eigenvalue weighted by atomic mass is 35.5. The van der Waals surface area contributed by atoms with E-state index in [1.165, 1.54) is 0 Å². The monoisotopic (exact) mass is 261 g/mol. The highest BCUT2D eigenvalue weighted by Gasteiger charge is 2.36. The van der Waals surface area contributed by atoms with Gasteiger partial charge in [0.1, 0.15) is 0 Å². The fourth-order valence-corrected chi connectivity index (χ4v) is 2.62. The largest absolute Gasteiger partial charge is 0.500 e. The molecule has 15 heavy (non-hydrogen) atoms. The first-order chi connectivity index (χ1) is 6.66. The molecule has 0 spiro atoms. The van der Waals surface area contributed by atoms with Gasteiger partial charge in [-0.1, -0.05) is 0 Å². The van der Waals surface area contributed by atoms with Crippen LogP contribution >= 0.6 is 12.4 Å². The van der Waals surface area contributed by atoms with Gasteiger partial charge in [0.05, 0.1) is 0 Å². The lowest BCUT2D eigenvalue weighted by atomic mass is 10.5. The number of hydrogen-bond donors (Lipinski definition) is 2. The van der Waals surface area contributed by atoms with Crippen LogP contribution in [-0.4, -0.2) is 48.4 Å². The average molecular weight is 262 g/mol. The molecule has 0 aliphatic carbocycles. The molecule has 0 radical (unpaired) electrons. The van der Waals surface area contributed by atoms with Crippen LogP contribution in [0.4, 0.5) is 0 Å². The Hall–Kier alpha value is 0.307. The zero-order chi connectivity index (χ0) is 11.4. The highest BCUT2D eigenvalue weighted by Crippen LogP contribution is 2.13. The molecule has 7 heteroatoms. The Labute approximate surface area is 99.7 Å². The minimum Gasteiger partial charge on any atom is -0.397 e. The average Bonchev–Trinajstić information content (AvgIpc) is 2.22. The van der Waals surface area contributed by atoms with Gasteiger partial charge in [0, 0.05) is 34.0 Å². The van der Waals surface area contributed by atoms with Crippen molar-refractivity contribution < 1.29 is 18.4 Å². The van der Waals surface area contributed by atoms with Gasteiger partial charge in [0.25, 0.3) is 0 Å². The maximum Gasteiger partial charge on any atom is 0.500 e. The van der Waals surface area contributed by atoms with Crippen molar-refractivity contribution in [2.45, 2.75) is 19.4 Å². The van der Waals surface area contributed by atoms with Gasteiger partial charge in [0.15, 0.2) is 0 Å². The van der Waals surface area contributed by atoms with Gasteiger partial charge in [-0.25, -0.2) is 0 Å². The third kappa shape index (κ3) is 10.6. The second-order valence-corrected chi connectivity index (χ2v) is 5.59. The first kappa shape index (κ1) is 20.7. The van der Waals surface area contributed by atoms with E-state index >= 15 is 0 Å². The summed E-state index contributed by atoms with van der Waals surface area (Å²) in [5.74, 6) is 0. The smallest absolute Gasteiger partial charge is 0.397 e. The molecule has 0 heterocycles. The van der Waals surface area contributed by atoms with E-state index in [4.69, 9.17) is 24.1 Å². The number of hydrogen-bond acceptors (Lipinski definition) is 5. The van der Waals surface area contributed by atoms with Gasteiger partial charge in [-0.15, -0.1) is 12.4 Å². The third-order valence-corrected chi connectivity index (χ3v) is 4.45. The summed E-state index contributed by atoms with van der Waals surface area (Å²) >= 11 is 0. The molecule has 0 aliphatic heterocycles. The van der Waals surface area contributed by atoms with Crippen LogP contribution in [0.1, 0.15) is 13.3 Å². The third-order valence-electron chi connectivity index (χ3n) is 1.62. The summed E-state index contributed by atoms with van der Waals surface area (Å²) in [6.07, 6.45) is 0.877. The summed E-state index contributed by atoms with van der Waals surface area (Å²) in [5.41, 5.74) is 5.36. The standard InChI is InChI=1S/C6H17NO3Si.C2H6O.ClH/c1-8-11(9-2,10-3)6-4-5-7;1-2-3;/h4-7H2,1-3H3;3H,2H2,1H3;1H. The van der Waals surface area contributed by atoms with Crippen molar-refractivity contribution in [1.29, 1.82) is 0 Å². The van der Waals surface area contributed by atoms with Gasteiger partial charge in [-0.05, 0) is 19.9 Å². The molecule has 5 nitrogen and oxygen atoms in total. The molecule has 0 aromatic carbocycles. The summed E-state index contributed by atoms with van der Waals surface area (Å²) in [7, 11) is 2.50. The van der Waals surface area contributed by atoms with E-state index in [0.717, 1.165) is 12.5 Å². The lowest BCUT2D eigenvalue weighted by molar-refractivity contribution is 0.123. The normalized spacial score (nSPS) is 10.0. The fourth-order valence-electron chi connectivity index (χ4n) is 0.875. The van der Waals surface area contributed by atoms with Crippen LogP contribution in [0.5, 0.6) is 0 Å². The quantitative estimate of drug-likeness (QED) is 0.687. The van der Waals surface area contributed by atoms with Crippen LogP contribution in [0.2, 0.25) is 6.04 Å². The Kier molecular flexibility index (Phi) is 19.7. The molecule has 0 saturated heterocycles. The molecule has 0 fully saturated rings. The van der Waals surface area contributed by atoms with E-state index in [2.05, 4.69) is 0 Å². The Bertz CT molecular complexity index is 109. The zero-order valence-electron chi connectivity index (χ0n) is 9.99. The van der Waals surface area contributed by atoms with Crippen LogP contribution in [0.25, 0.3) is 0 Å². The molecule has 0 saturated carbocycles. The van der Waals surface area contributed by atoms with Gasteiger partial charge >= 0.3 is 8.80 Å². The van der Waals surface area contributed by atoms with Crippen molar-refractivity contribution in [1.82, 2.24) is 0 Å². The zero-order valence-corrected chi connectivity index (χ0v) is 11.8. The van der Waals surface area contributed by atoms with Gasteiger partial charge in [0.2, 0.25) is 0 Å². The summed E-state index contributed by atoms with van der Waals surface area (Å²) in [6.45, 7) is 2.57. The number of aliphatic hydroxyl groups is 1. The van der Waals surface area contributed by atoms with Gasteiger partial charge < -0.3 is 24.1 Å². The molecular formula is C8H24ClNO4Si. The van der Waals surface area contributed by atoms with Gasteiger partial charge in [-0.2, -0.15) is 0 Å². The van der Waals surface area contributed by atoms with Crippen molar-refractivity contribution >= 4 is 21.2 Å². The van der Waals surface area contributed by atoms with Crippen LogP contribution in [0, 0.1) is 0 Å². The Balaban J connectivity index is -0.000000320. The molecule has 0 aromatic heterocycles. The van der Waals surface area contributed by atoms with Crippen molar-refractivity contribution in [2.75, 3.05) is 34.5 Å². The lowest BCUT2D eigenvalue weighted by Crippen LogP contribution is -2.42. The van der Waals surface area contributed by atoms with E-state index in [1.54, 1.807) is 28.3 Å². The highest BCUT2D eigenvalue weighted by molar-refractivity contribution is 6.60. The molecule has 96 valence electrons. The molecule has 0 aliphatic rings. The lowest BCUT2D eigenvalue weighted by Gasteiger charge is -2.23. The number of aliphatic hydroxyl groups excluding tert-OH is 1. The molecule has 0 aromatic rings. The van der Waals surface area contributed by atoms with Crippen LogP contribution in [0.15, 0.2) is 0 Å². The van der Waals surface area contributed by atoms with E-state index < -0.39 is 8.80 Å². The predicted molar refractivity (Wildman–Crippen MR) is 65.3 cm³/mol. The maximum absolute atomic E-state index is 7.57. The first-order valence-electron chi connectivity index (χ1n) is 4.62. The number of nitrogens with two attached hydrogens (primary N) is 1. The van der Waals surface area contributed by atoms with Crippen molar-refractivity contribution in [3.05, 3.63) is 0 Å². The minimum absolute atomic E-state index is 0. The molecule has 0 amide bonds. The molecule has 0 rings (SSSR count). The van der Waals surface area contributed by atoms with E-state index in [-0.39, 0.29) is 19.0 Å². The molecule has 3 N–H and O–H groups in total. The Morgan fingerprint density at radius 3 is 1.67 bits per heavy atom. The molecule has 0 bridgehead atoms. The van der Waals surface area contributed by atoms with Crippen LogP contribution in [-0.2, 0) is 13.3 Å². The molecule has 0 unspecified atom stereocenters. The maximum atomic E-state index is 7.57. The summed E-state index contributed by atoms with van der Waals surface area (Å²) in [5, 5.41) is 7.57. The van der Waals surface area contributed by atoms with Crippen molar-refractivity contribution in [2.24, 2.45) is 5.73 Å². The topological polar surface area (TPSA) is 73.9 Å². The van der Waals surface area contributed by atoms with Gasteiger partial charge in [-0.3, -0.25) is 0 Å². The van der Waals surface area contributed by atoms with Crippen molar-refractivity contribution in [3.63, 3.8) is 0 Å². The Morgan fingerprint density at radius 1 is 1.13 bits per heavy atom. The summed E-state index contributed by atoms with van der Waals surface area (Å²) in [4.78, 5) is 0. The first-order valence-corrected chi connectivity index (χ1v) is 6.55. The Morgan fingerprint density at radius 2 is 1.47 bits per heavy atom.